The van der Waals surface area contributed by atoms with Crippen LogP contribution in [-0.4, -0.2) is 6.04 Å². The summed E-state index contributed by atoms with van der Waals surface area (Å²) in [5.41, 5.74) is 5.11. The summed E-state index contributed by atoms with van der Waals surface area (Å²) in [4.78, 5) is 0. The van der Waals surface area contributed by atoms with Gasteiger partial charge < -0.3 is 5.73 Å². The summed E-state index contributed by atoms with van der Waals surface area (Å²) in [7, 11) is 0. The van der Waals surface area contributed by atoms with Crippen LogP contribution < -0.4 is 5.73 Å². The summed E-state index contributed by atoms with van der Waals surface area (Å²) >= 11 is 0. The molecule has 0 rings (SSSR count). The molecule has 0 aromatic carbocycles. The molecular formula is C3H10IN. The maximum atomic E-state index is 5.11. The first kappa shape index (κ1) is 9.19. The molecule has 0 spiro atoms. The Morgan fingerprint density at radius 2 is 1.40 bits per heavy atom. The Balaban J connectivity index is 0. The van der Waals surface area contributed by atoms with Gasteiger partial charge in [-0.25, -0.2) is 0 Å². The molecule has 2 heteroatoms. The molecule has 0 bridgehead atoms. The van der Waals surface area contributed by atoms with Gasteiger partial charge in [-0.1, -0.05) is 13.8 Å². The van der Waals surface area contributed by atoms with Crippen LogP contribution in [0.25, 0.3) is 0 Å². The molecule has 0 aliphatic carbocycles. The fraction of sp³-hybridized carbons (Fsp3) is 1.00. The third kappa shape index (κ3) is 71.3. The van der Waals surface area contributed by atoms with Gasteiger partial charge in [-0.05, 0) is 6.04 Å². The van der Waals surface area contributed by atoms with Gasteiger partial charge in [0.25, 0.3) is 0 Å². The quantitative estimate of drug-likeness (QED) is 0.562. The second kappa shape index (κ2) is 4.69. The monoisotopic (exact) mass is 187 g/mol. The topological polar surface area (TPSA) is 26.0 Å². The van der Waals surface area contributed by atoms with Crippen molar-refractivity contribution in [1.29, 1.82) is 0 Å². The highest BCUT2D eigenvalue weighted by Crippen LogP contribution is 1.58. The highest BCUT2D eigenvalue weighted by molar-refractivity contribution is 14.0. The van der Waals surface area contributed by atoms with E-state index in [9.17, 15) is 0 Å². The summed E-state index contributed by atoms with van der Waals surface area (Å²) in [6, 6.07) is 0.333. The number of halogens is 1. The van der Waals surface area contributed by atoms with Crippen molar-refractivity contribution in [3.63, 3.8) is 0 Å². The van der Waals surface area contributed by atoms with Crippen LogP contribution in [-0.2, 0) is 0 Å². The second-order valence-electron chi connectivity index (χ2n) is 1.24. The molecule has 0 aliphatic heterocycles. The van der Waals surface area contributed by atoms with Gasteiger partial charge in [-0.15, -0.1) is 24.0 Å². The predicted octanol–water partition coefficient (Wildman–Crippen LogP) is 0.972. The normalized spacial score (nSPS) is 7.20. The van der Waals surface area contributed by atoms with E-state index in [1.165, 1.54) is 0 Å². The molecule has 0 radical (unpaired) electrons. The van der Waals surface area contributed by atoms with E-state index in [-0.39, 0.29) is 24.0 Å². The number of hydrogen-bond acceptors (Lipinski definition) is 1. The lowest BCUT2D eigenvalue weighted by molar-refractivity contribution is 0.834. The minimum absolute atomic E-state index is 0. The number of rotatable bonds is 0. The van der Waals surface area contributed by atoms with Crippen molar-refractivity contribution in [2.75, 3.05) is 0 Å². The number of nitrogens with two attached hydrogens (primary N) is 1. The number of hydrogen-bond donors (Lipinski definition) is 1. The molecule has 0 aromatic rings. The van der Waals surface area contributed by atoms with E-state index in [1.54, 1.807) is 0 Å². The summed E-state index contributed by atoms with van der Waals surface area (Å²) in [6.45, 7) is 3.89. The van der Waals surface area contributed by atoms with Crippen molar-refractivity contribution in [1.82, 2.24) is 0 Å². The SMILES string of the molecule is CC(C)N.I. The Bertz CT molecular complexity index is 11.6. The average Bonchev–Trinajstić information content (AvgIpc) is 0.811. The van der Waals surface area contributed by atoms with Crippen molar-refractivity contribution < 1.29 is 0 Å². The zero-order valence-corrected chi connectivity index (χ0v) is 5.89. The van der Waals surface area contributed by atoms with Gasteiger partial charge in [0.2, 0.25) is 0 Å². The molecule has 2 N–H and O–H groups in total. The minimum atomic E-state index is 0. The van der Waals surface area contributed by atoms with Gasteiger partial charge >= 0.3 is 0 Å². The molecule has 0 fully saturated rings. The van der Waals surface area contributed by atoms with E-state index in [0.717, 1.165) is 0 Å². The first-order valence-electron chi connectivity index (χ1n) is 1.49. The van der Waals surface area contributed by atoms with Crippen molar-refractivity contribution in [2.45, 2.75) is 19.9 Å². The van der Waals surface area contributed by atoms with Gasteiger partial charge in [-0.2, -0.15) is 0 Å². The van der Waals surface area contributed by atoms with Crippen molar-refractivity contribution in [3.05, 3.63) is 0 Å². The van der Waals surface area contributed by atoms with E-state index in [1.807, 2.05) is 13.8 Å². The summed E-state index contributed by atoms with van der Waals surface area (Å²) in [5.74, 6) is 0. The highest BCUT2D eigenvalue weighted by atomic mass is 127. The zero-order chi connectivity index (χ0) is 3.58. The Labute approximate surface area is 50.0 Å². The average molecular weight is 187 g/mol. The van der Waals surface area contributed by atoms with Gasteiger partial charge in [0.05, 0.1) is 0 Å². The van der Waals surface area contributed by atoms with Crippen LogP contribution in [0, 0.1) is 0 Å². The van der Waals surface area contributed by atoms with E-state index in [4.69, 9.17) is 5.73 Å². The molecule has 0 unspecified atom stereocenters. The van der Waals surface area contributed by atoms with E-state index >= 15 is 0 Å². The molecule has 0 aliphatic rings. The third-order valence-electron chi connectivity index (χ3n) is 0. The molecular weight excluding hydrogens is 177 g/mol. The molecule has 0 amide bonds. The maximum absolute atomic E-state index is 5.11. The van der Waals surface area contributed by atoms with Crippen molar-refractivity contribution >= 4 is 24.0 Å². The molecule has 34 valence electrons. The standard InChI is InChI=1S/C3H9N.HI/c1-3(2)4;/h3H,4H2,1-2H3;1H. The van der Waals surface area contributed by atoms with Crippen LogP contribution in [0.5, 0.6) is 0 Å². The Morgan fingerprint density at radius 1 is 1.40 bits per heavy atom. The first-order chi connectivity index (χ1) is 1.73. The summed E-state index contributed by atoms with van der Waals surface area (Å²) in [5, 5.41) is 0. The smallest absolute Gasteiger partial charge is 0.00179 e. The Kier molecular flexibility index (Phi) is 8.62. The van der Waals surface area contributed by atoms with Crippen molar-refractivity contribution in [3.8, 4) is 0 Å². The van der Waals surface area contributed by atoms with E-state index in [0.29, 0.717) is 6.04 Å². The van der Waals surface area contributed by atoms with Crippen LogP contribution >= 0.6 is 24.0 Å². The lowest BCUT2D eigenvalue weighted by Crippen LogP contribution is -2.06. The van der Waals surface area contributed by atoms with E-state index < -0.39 is 0 Å². The molecule has 0 heterocycles. The second-order valence-corrected chi connectivity index (χ2v) is 1.24. The van der Waals surface area contributed by atoms with Crippen LogP contribution in [0.3, 0.4) is 0 Å². The lowest BCUT2D eigenvalue weighted by Gasteiger charge is -1.81. The molecule has 5 heavy (non-hydrogen) atoms. The summed E-state index contributed by atoms with van der Waals surface area (Å²) in [6.07, 6.45) is 0. The van der Waals surface area contributed by atoms with Crippen LogP contribution in [0.1, 0.15) is 13.8 Å². The zero-order valence-electron chi connectivity index (χ0n) is 3.56. The molecule has 0 saturated carbocycles. The predicted molar refractivity (Wildman–Crippen MR) is 34.7 cm³/mol. The van der Waals surface area contributed by atoms with Crippen LogP contribution in [0.15, 0.2) is 0 Å². The molecule has 0 saturated heterocycles. The van der Waals surface area contributed by atoms with Gasteiger partial charge in [0, 0.05) is 0 Å². The molecule has 0 atom stereocenters. The summed E-state index contributed by atoms with van der Waals surface area (Å²) < 4.78 is 0. The fourth-order valence-electron chi connectivity index (χ4n) is 0. The Morgan fingerprint density at radius 3 is 1.40 bits per heavy atom. The maximum Gasteiger partial charge on any atom is -0.00179 e. The van der Waals surface area contributed by atoms with Crippen LogP contribution in [0.4, 0.5) is 0 Å². The third-order valence-corrected chi connectivity index (χ3v) is 0. The first-order valence-corrected chi connectivity index (χ1v) is 1.49. The van der Waals surface area contributed by atoms with Crippen molar-refractivity contribution in [2.24, 2.45) is 5.73 Å². The molecule has 1 nitrogen and oxygen atoms in total. The van der Waals surface area contributed by atoms with Crippen LogP contribution in [0.2, 0.25) is 0 Å². The minimum Gasteiger partial charge on any atom is -0.328 e. The highest BCUT2D eigenvalue weighted by Gasteiger charge is 1.67. The fourth-order valence-corrected chi connectivity index (χ4v) is 0. The molecule has 0 aromatic heterocycles. The van der Waals surface area contributed by atoms with Gasteiger partial charge in [0.1, 0.15) is 0 Å². The van der Waals surface area contributed by atoms with Gasteiger partial charge in [0.15, 0.2) is 0 Å². The largest absolute Gasteiger partial charge is 0.328 e. The van der Waals surface area contributed by atoms with E-state index in [2.05, 4.69) is 0 Å². The van der Waals surface area contributed by atoms with Gasteiger partial charge in [-0.3, -0.25) is 0 Å². The Hall–Kier alpha value is 0.690. The lowest BCUT2D eigenvalue weighted by atomic mass is 10.5.